The molecule has 3 amide bonds. The summed E-state index contributed by atoms with van der Waals surface area (Å²) in [5.41, 5.74) is -0.516. The normalized spacial score (nSPS) is 26.0. The SMILES string of the molecule is C=CCCC(=O)N[C@@H](COC)[C@@H](OC(=O)[C@@H]1[C@H]2C(=O)N(CCCCO)[C@H](C(=O)N(CC=C)C(C)C)[C@]23CC[C@H]1O3)c1ccccc1. The number of carbonyl (C=O) groups is 4. The van der Waals surface area contributed by atoms with Crippen LogP contribution in [0.2, 0.25) is 0 Å². The minimum absolute atomic E-state index is 0.0367. The van der Waals surface area contributed by atoms with Crippen molar-refractivity contribution < 1.29 is 38.5 Å². The van der Waals surface area contributed by atoms with Gasteiger partial charge in [-0.1, -0.05) is 42.5 Å². The molecule has 1 aromatic rings. The van der Waals surface area contributed by atoms with Crippen molar-refractivity contribution in [3.05, 3.63) is 61.2 Å². The van der Waals surface area contributed by atoms with E-state index in [0.717, 1.165) is 0 Å². The number of ether oxygens (including phenoxy) is 3. The van der Waals surface area contributed by atoms with Crippen LogP contribution in [0.5, 0.6) is 0 Å². The van der Waals surface area contributed by atoms with Crippen LogP contribution in [0.25, 0.3) is 0 Å². The van der Waals surface area contributed by atoms with Crippen LogP contribution in [-0.2, 0) is 33.4 Å². The lowest BCUT2D eigenvalue weighted by molar-refractivity contribution is -0.163. The highest BCUT2D eigenvalue weighted by molar-refractivity contribution is 5.98. The second-order valence-electron chi connectivity index (χ2n) is 12.6. The number of methoxy groups -OCH3 is 1. The number of fused-ring (bicyclic) bond motifs is 1. The molecule has 1 aromatic carbocycles. The number of nitrogens with zero attached hydrogens (tertiary/aromatic N) is 2. The fourth-order valence-corrected chi connectivity index (χ4v) is 7.31. The molecule has 7 atom stereocenters. The van der Waals surface area contributed by atoms with Gasteiger partial charge in [-0.15, -0.1) is 13.2 Å². The van der Waals surface area contributed by atoms with Gasteiger partial charge in [0, 0.05) is 39.3 Å². The quantitative estimate of drug-likeness (QED) is 0.142. The van der Waals surface area contributed by atoms with E-state index < -0.39 is 47.7 Å². The number of esters is 1. The fourth-order valence-electron chi connectivity index (χ4n) is 7.31. The van der Waals surface area contributed by atoms with Gasteiger partial charge >= 0.3 is 5.97 Å². The van der Waals surface area contributed by atoms with Gasteiger partial charge in [0.05, 0.1) is 30.6 Å². The highest BCUT2D eigenvalue weighted by Gasteiger charge is 2.75. The van der Waals surface area contributed by atoms with Crippen molar-refractivity contribution in [2.45, 2.75) is 88.3 Å². The summed E-state index contributed by atoms with van der Waals surface area (Å²) in [5, 5.41) is 12.4. The summed E-state index contributed by atoms with van der Waals surface area (Å²) in [5.74, 6) is -3.24. The monoisotopic (exact) mass is 639 g/mol. The predicted octanol–water partition coefficient (Wildman–Crippen LogP) is 2.94. The molecule has 1 spiro atoms. The third-order valence-electron chi connectivity index (χ3n) is 9.35. The summed E-state index contributed by atoms with van der Waals surface area (Å²) < 4.78 is 18.3. The average Bonchev–Trinajstić information content (AvgIpc) is 3.68. The summed E-state index contributed by atoms with van der Waals surface area (Å²) in [6.07, 6.45) is 4.44. The highest BCUT2D eigenvalue weighted by atomic mass is 16.6. The predicted molar refractivity (Wildman–Crippen MR) is 171 cm³/mol. The Hall–Kier alpha value is -3.54. The van der Waals surface area contributed by atoms with Gasteiger partial charge in [0.2, 0.25) is 17.7 Å². The molecule has 3 aliphatic rings. The number of unbranched alkanes of at least 4 members (excludes halogenated alkanes) is 1. The molecule has 46 heavy (non-hydrogen) atoms. The Morgan fingerprint density at radius 1 is 1.20 bits per heavy atom. The topological polar surface area (TPSA) is 135 Å². The van der Waals surface area contributed by atoms with Gasteiger partial charge in [0.15, 0.2) is 0 Å². The molecule has 3 aliphatic heterocycles. The van der Waals surface area contributed by atoms with E-state index in [2.05, 4.69) is 18.5 Å². The lowest BCUT2D eigenvalue weighted by atomic mass is 9.70. The maximum atomic E-state index is 14.3. The van der Waals surface area contributed by atoms with Gasteiger partial charge in [0.25, 0.3) is 0 Å². The number of allylic oxidation sites excluding steroid dienone is 1. The van der Waals surface area contributed by atoms with Gasteiger partial charge < -0.3 is 34.4 Å². The minimum atomic E-state index is -1.18. The number of carbonyl (C=O) groups excluding carboxylic acids is 4. The molecule has 0 radical (unpaired) electrons. The summed E-state index contributed by atoms with van der Waals surface area (Å²) in [6, 6.07) is 7.34. The second kappa shape index (κ2) is 15.8. The van der Waals surface area contributed by atoms with Crippen molar-refractivity contribution in [3.63, 3.8) is 0 Å². The maximum Gasteiger partial charge on any atom is 0.313 e. The summed E-state index contributed by atoms with van der Waals surface area (Å²) >= 11 is 0. The zero-order chi connectivity index (χ0) is 33.4. The molecule has 11 heteroatoms. The number of hydrogen-bond acceptors (Lipinski definition) is 8. The molecular weight excluding hydrogens is 590 g/mol. The Morgan fingerprint density at radius 3 is 2.57 bits per heavy atom. The fraction of sp³-hybridized carbons (Fsp3) is 0.600. The van der Waals surface area contributed by atoms with Crippen LogP contribution in [0.3, 0.4) is 0 Å². The number of likely N-dealkylation sites (tertiary alicyclic amines) is 1. The minimum Gasteiger partial charge on any atom is -0.455 e. The van der Waals surface area contributed by atoms with E-state index in [1.54, 1.807) is 22.0 Å². The second-order valence-corrected chi connectivity index (χ2v) is 12.6. The number of amides is 3. The zero-order valence-corrected chi connectivity index (χ0v) is 27.3. The molecule has 0 aliphatic carbocycles. The van der Waals surface area contributed by atoms with Crippen molar-refractivity contribution in [1.82, 2.24) is 15.1 Å². The molecule has 0 aromatic heterocycles. The Morgan fingerprint density at radius 2 is 1.93 bits per heavy atom. The van der Waals surface area contributed by atoms with E-state index in [-0.39, 0.29) is 49.9 Å². The van der Waals surface area contributed by atoms with Crippen molar-refractivity contribution in [2.24, 2.45) is 11.8 Å². The standard InChI is InChI=1S/C35H49N3O8/c1-6-8-16-27(40)36-25(22-44-5)30(24-14-10-9-11-15-24)45-34(43)28-26-17-18-35(46-26)29(28)32(41)38(20-12-13-21-39)31(35)33(42)37(19-7-2)23(3)4/h6-7,9-11,14-15,23,25-26,28-31,39H,1-2,8,12-13,16-22H2,3-5H3,(H,36,40)/t25-,26+,28-,29-,30-,31+,35-/m0/s1. The van der Waals surface area contributed by atoms with E-state index >= 15 is 0 Å². The molecule has 2 N–H and O–H groups in total. The third kappa shape index (κ3) is 7.06. The zero-order valence-electron chi connectivity index (χ0n) is 27.3. The largest absolute Gasteiger partial charge is 0.455 e. The van der Waals surface area contributed by atoms with Crippen LogP contribution in [0.1, 0.15) is 64.0 Å². The van der Waals surface area contributed by atoms with Crippen LogP contribution >= 0.6 is 0 Å². The maximum absolute atomic E-state index is 14.3. The Balaban J connectivity index is 1.68. The Bertz CT molecular complexity index is 1260. The first-order valence-corrected chi connectivity index (χ1v) is 16.3. The van der Waals surface area contributed by atoms with Crippen molar-refractivity contribution in [1.29, 1.82) is 0 Å². The van der Waals surface area contributed by atoms with Crippen LogP contribution in [0.4, 0.5) is 0 Å². The number of benzene rings is 1. The van der Waals surface area contributed by atoms with Crippen LogP contribution < -0.4 is 5.32 Å². The molecule has 3 fully saturated rings. The number of nitrogens with one attached hydrogen (secondary N) is 1. The first-order chi connectivity index (χ1) is 22.1. The molecule has 0 saturated carbocycles. The number of rotatable bonds is 18. The smallest absolute Gasteiger partial charge is 0.313 e. The number of aliphatic hydroxyl groups excluding tert-OH is 1. The molecule has 11 nitrogen and oxygen atoms in total. The molecule has 3 heterocycles. The van der Waals surface area contributed by atoms with E-state index in [0.29, 0.717) is 44.2 Å². The molecular formula is C35H49N3O8. The Kier molecular flexibility index (Phi) is 12.2. The van der Waals surface area contributed by atoms with Gasteiger partial charge in [-0.05, 0) is 51.5 Å². The van der Waals surface area contributed by atoms with Gasteiger partial charge in [-0.3, -0.25) is 19.2 Å². The van der Waals surface area contributed by atoms with Crippen molar-refractivity contribution in [3.8, 4) is 0 Å². The Labute approximate surface area is 271 Å². The van der Waals surface area contributed by atoms with E-state index in [1.165, 1.54) is 7.11 Å². The lowest BCUT2D eigenvalue weighted by Crippen LogP contribution is -2.57. The summed E-state index contributed by atoms with van der Waals surface area (Å²) in [4.78, 5) is 58.8. The number of aliphatic hydroxyl groups is 1. The summed E-state index contributed by atoms with van der Waals surface area (Å²) in [6.45, 7) is 11.9. The molecule has 0 unspecified atom stereocenters. The van der Waals surface area contributed by atoms with Crippen LogP contribution in [0, 0.1) is 11.8 Å². The lowest BCUT2D eigenvalue weighted by Gasteiger charge is -2.38. The first-order valence-electron chi connectivity index (χ1n) is 16.3. The van der Waals surface area contributed by atoms with Gasteiger partial charge in [-0.2, -0.15) is 0 Å². The van der Waals surface area contributed by atoms with Crippen LogP contribution in [0.15, 0.2) is 55.6 Å². The van der Waals surface area contributed by atoms with E-state index in [1.807, 2.05) is 44.2 Å². The molecule has 2 bridgehead atoms. The highest BCUT2D eigenvalue weighted by Crippen LogP contribution is 2.59. The van der Waals surface area contributed by atoms with Crippen LogP contribution in [-0.4, -0.2) is 102 Å². The molecule has 252 valence electrons. The van der Waals surface area contributed by atoms with Crippen molar-refractivity contribution >= 4 is 23.7 Å². The number of hydrogen-bond donors (Lipinski definition) is 2. The van der Waals surface area contributed by atoms with E-state index in [4.69, 9.17) is 14.2 Å². The van der Waals surface area contributed by atoms with E-state index in [9.17, 15) is 24.3 Å². The van der Waals surface area contributed by atoms with Gasteiger partial charge in [0.1, 0.15) is 17.7 Å². The molecule has 4 rings (SSSR count). The van der Waals surface area contributed by atoms with Gasteiger partial charge in [-0.25, -0.2) is 0 Å². The van der Waals surface area contributed by atoms with Crippen molar-refractivity contribution in [2.75, 3.05) is 33.4 Å². The molecule has 3 saturated heterocycles. The third-order valence-corrected chi connectivity index (χ3v) is 9.35. The summed E-state index contributed by atoms with van der Waals surface area (Å²) in [7, 11) is 1.51. The average molecular weight is 640 g/mol. The first kappa shape index (κ1) is 35.3.